The Balaban J connectivity index is 1.92. The lowest BCUT2D eigenvalue weighted by Crippen LogP contribution is -2.50. The molecule has 0 aliphatic carbocycles. The zero-order valence-corrected chi connectivity index (χ0v) is 17.2. The van der Waals surface area contributed by atoms with Gasteiger partial charge in [0.25, 0.3) is 5.91 Å². The Hall–Kier alpha value is -2.32. The number of thioether (sulfide) groups is 1. The van der Waals surface area contributed by atoms with Crippen LogP contribution in [0, 0.1) is 0 Å². The van der Waals surface area contributed by atoms with Crippen molar-refractivity contribution in [3.63, 3.8) is 0 Å². The van der Waals surface area contributed by atoms with Gasteiger partial charge in [-0.15, -0.1) is 5.10 Å². The first kappa shape index (κ1) is 18.1. The minimum Gasteiger partial charge on any atom is -0.497 e. The van der Waals surface area contributed by atoms with E-state index in [0.29, 0.717) is 10.9 Å². The molecule has 6 nitrogen and oxygen atoms in total. The van der Waals surface area contributed by atoms with Crippen molar-refractivity contribution in [1.29, 1.82) is 0 Å². The molecule has 2 aliphatic heterocycles. The molecule has 1 amide bonds. The summed E-state index contributed by atoms with van der Waals surface area (Å²) in [5.41, 5.74) is 1.43. The van der Waals surface area contributed by atoms with E-state index in [-0.39, 0.29) is 5.91 Å². The number of nitrogens with zero attached hydrogens (tertiary/aromatic N) is 3. The van der Waals surface area contributed by atoms with Crippen LogP contribution in [0.4, 0.5) is 0 Å². The average Bonchev–Trinajstić information content (AvgIpc) is 2.67. The van der Waals surface area contributed by atoms with Gasteiger partial charge >= 0.3 is 0 Å². The van der Waals surface area contributed by atoms with Crippen molar-refractivity contribution in [2.24, 2.45) is 10.1 Å². The van der Waals surface area contributed by atoms with Crippen molar-refractivity contribution >= 4 is 44.5 Å². The second-order valence-electron chi connectivity index (χ2n) is 5.92. The topological polar surface area (TPSA) is 66.3 Å². The Labute approximate surface area is 169 Å². The van der Waals surface area contributed by atoms with Crippen LogP contribution in [0.15, 0.2) is 57.0 Å². The summed E-state index contributed by atoms with van der Waals surface area (Å²) in [6.07, 6.45) is -0.418. The van der Waals surface area contributed by atoms with E-state index in [1.54, 1.807) is 12.1 Å². The highest BCUT2D eigenvalue weighted by molar-refractivity contribution is 9.10. The second-order valence-corrected chi connectivity index (χ2v) is 8.09. The molecule has 0 unspecified atom stereocenters. The van der Waals surface area contributed by atoms with Gasteiger partial charge in [0.15, 0.2) is 11.3 Å². The zero-order chi connectivity index (χ0) is 19.0. The summed E-state index contributed by atoms with van der Waals surface area (Å²) in [7, 11) is 1.63. The summed E-state index contributed by atoms with van der Waals surface area (Å²) in [6, 6.07) is 13.4. The fourth-order valence-corrected chi connectivity index (χ4v) is 3.99. The van der Waals surface area contributed by atoms with Crippen LogP contribution >= 0.6 is 27.7 Å². The Morgan fingerprint density at radius 2 is 2.04 bits per heavy atom. The largest absolute Gasteiger partial charge is 0.497 e. The standard InChI is InChI=1S/C19H17BrN4O2S/c1-3-27-19-22-18(25)16-14-10-12(20)6-9-15(14)21-17(24(16)23-19)11-4-7-13(26-2)8-5-11/h4-10,17H,3H2,1-2H3,(H,22,23,25)/t17-/m1/s1. The fraction of sp³-hybridized carbons (Fsp3) is 0.211. The van der Waals surface area contributed by atoms with E-state index in [0.717, 1.165) is 32.1 Å². The van der Waals surface area contributed by atoms with Gasteiger partial charge in [0.1, 0.15) is 11.4 Å². The summed E-state index contributed by atoms with van der Waals surface area (Å²) in [5.74, 6) is 1.41. The number of carbonyl (C=O) groups is 1. The molecule has 0 spiro atoms. The van der Waals surface area contributed by atoms with Gasteiger partial charge in [-0.25, -0.2) is 5.01 Å². The van der Waals surface area contributed by atoms with Gasteiger partial charge in [0, 0.05) is 9.69 Å². The van der Waals surface area contributed by atoms with E-state index >= 15 is 0 Å². The van der Waals surface area contributed by atoms with Crippen LogP contribution in [0.2, 0.25) is 0 Å². The van der Waals surface area contributed by atoms with Gasteiger partial charge in [-0.2, -0.15) is 0 Å². The van der Waals surface area contributed by atoms with E-state index in [1.807, 2.05) is 49.4 Å². The maximum atomic E-state index is 12.9. The molecule has 0 bridgehead atoms. The van der Waals surface area contributed by atoms with Crippen LogP contribution < -0.4 is 20.6 Å². The van der Waals surface area contributed by atoms with Crippen molar-refractivity contribution in [1.82, 2.24) is 10.3 Å². The van der Waals surface area contributed by atoms with Gasteiger partial charge in [0.05, 0.1) is 12.5 Å². The molecule has 1 atom stereocenters. The van der Waals surface area contributed by atoms with Crippen molar-refractivity contribution < 1.29 is 9.53 Å². The maximum Gasteiger partial charge on any atom is 0.276 e. The van der Waals surface area contributed by atoms with Gasteiger partial charge in [-0.1, -0.05) is 46.7 Å². The number of hydrogen-bond acceptors (Lipinski definition) is 6. The van der Waals surface area contributed by atoms with E-state index in [2.05, 4.69) is 26.3 Å². The minimum atomic E-state index is -0.418. The van der Waals surface area contributed by atoms with E-state index < -0.39 is 6.17 Å². The van der Waals surface area contributed by atoms with Crippen molar-refractivity contribution in [2.75, 3.05) is 12.9 Å². The third-order valence-corrected chi connectivity index (χ3v) is 5.50. The maximum absolute atomic E-state index is 12.9. The number of methoxy groups -OCH3 is 1. The average molecular weight is 445 g/mol. The summed E-state index contributed by atoms with van der Waals surface area (Å²) < 4.78 is 6.14. The molecule has 4 rings (SSSR count). The first-order chi connectivity index (χ1) is 13.1. The Bertz CT molecular complexity index is 1050. The lowest BCUT2D eigenvalue weighted by Gasteiger charge is -2.34. The molecule has 0 radical (unpaired) electrons. The Kier molecular flexibility index (Phi) is 4.92. The molecular weight excluding hydrogens is 428 g/mol. The first-order valence-electron chi connectivity index (χ1n) is 8.44. The molecule has 27 heavy (non-hydrogen) atoms. The van der Waals surface area contributed by atoms with Gasteiger partial charge in [0.2, 0.25) is 0 Å². The van der Waals surface area contributed by atoms with Gasteiger partial charge in [-0.05, 0) is 41.6 Å². The second kappa shape index (κ2) is 7.36. The van der Waals surface area contributed by atoms with E-state index in [9.17, 15) is 4.79 Å². The zero-order valence-electron chi connectivity index (χ0n) is 14.8. The SMILES string of the molecule is CCSC1=NN2C(=c3cc(Br)ccc3=N[C@H]2c2ccc(OC)cc2)C(=O)N1. The quantitative estimate of drug-likeness (QED) is 0.788. The van der Waals surface area contributed by atoms with E-state index in [1.165, 1.54) is 11.8 Å². The number of amidine groups is 1. The highest BCUT2D eigenvalue weighted by atomic mass is 79.9. The number of benzene rings is 2. The predicted octanol–water partition coefficient (Wildman–Crippen LogP) is 2.35. The molecule has 1 N–H and O–H groups in total. The molecule has 138 valence electrons. The number of nitrogens with one attached hydrogen (secondary N) is 1. The number of fused-ring (bicyclic) bond motifs is 2. The number of halogens is 1. The first-order valence-corrected chi connectivity index (χ1v) is 10.2. The molecule has 2 heterocycles. The summed E-state index contributed by atoms with van der Waals surface area (Å²) in [4.78, 5) is 17.8. The van der Waals surface area contributed by atoms with Gasteiger partial charge in [-0.3, -0.25) is 15.1 Å². The number of amides is 1. The lowest BCUT2D eigenvalue weighted by molar-refractivity contribution is -0.116. The van der Waals surface area contributed by atoms with Crippen LogP contribution in [0.5, 0.6) is 5.75 Å². The normalized spacial score (nSPS) is 18.1. The third kappa shape index (κ3) is 3.35. The number of carbonyl (C=O) groups excluding carboxylic acids is 1. The highest BCUT2D eigenvalue weighted by Gasteiger charge is 2.34. The molecule has 8 heteroatoms. The van der Waals surface area contributed by atoms with Crippen molar-refractivity contribution in [3.8, 4) is 5.75 Å². The van der Waals surface area contributed by atoms with Crippen molar-refractivity contribution in [3.05, 3.63) is 63.1 Å². The fourth-order valence-electron chi connectivity index (χ4n) is 3.05. The monoisotopic (exact) mass is 444 g/mol. The van der Waals surface area contributed by atoms with Crippen LogP contribution in [0.3, 0.4) is 0 Å². The molecule has 0 aromatic heterocycles. The van der Waals surface area contributed by atoms with Crippen LogP contribution in [0.1, 0.15) is 18.7 Å². The van der Waals surface area contributed by atoms with Crippen LogP contribution in [0.25, 0.3) is 5.70 Å². The van der Waals surface area contributed by atoms with Crippen LogP contribution in [-0.4, -0.2) is 28.9 Å². The smallest absolute Gasteiger partial charge is 0.276 e. The third-order valence-electron chi connectivity index (χ3n) is 4.26. The molecule has 2 aromatic carbocycles. The van der Waals surface area contributed by atoms with Crippen LogP contribution in [-0.2, 0) is 4.79 Å². The summed E-state index contributed by atoms with van der Waals surface area (Å²) in [6.45, 7) is 2.02. The van der Waals surface area contributed by atoms with Crippen molar-refractivity contribution in [2.45, 2.75) is 13.1 Å². The lowest BCUT2D eigenvalue weighted by atomic mass is 10.1. The number of hydrogen-bond donors (Lipinski definition) is 1. The molecule has 2 aromatic rings. The Morgan fingerprint density at radius 3 is 2.74 bits per heavy atom. The predicted molar refractivity (Wildman–Crippen MR) is 110 cm³/mol. The molecule has 0 saturated carbocycles. The van der Waals surface area contributed by atoms with Gasteiger partial charge < -0.3 is 4.74 Å². The number of ether oxygens (including phenoxy) is 1. The molecule has 0 fully saturated rings. The molecule has 0 saturated heterocycles. The summed E-state index contributed by atoms with van der Waals surface area (Å²) in [5, 5.41) is 11.4. The highest BCUT2D eigenvalue weighted by Crippen LogP contribution is 2.31. The minimum absolute atomic E-state index is 0.172. The Morgan fingerprint density at radius 1 is 1.26 bits per heavy atom. The molecular formula is C19H17BrN4O2S. The summed E-state index contributed by atoms with van der Waals surface area (Å²) >= 11 is 4.97. The number of rotatable bonds is 3. The molecule has 2 aliphatic rings. The van der Waals surface area contributed by atoms with E-state index in [4.69, 9.17) is 9.73 Å². The number of hydrazone groups is 1.